The van der Waals surface area contributed by atoms with Gasteiger partial charge < -0.3 is 10.2 Å². The van der Waals surface area contributed by atoms with Gasteiger partial charge in [0.15, 0.2) is 5.78 Å². The van der Waals surface area contributed by atoms with E-state index in [1.54, 1.807) is 6.07 Å². The minimum Gasteiger partial charge on any atom is -0.507 e. The van der Waals surface area contributed by atoms with Gasteiger partial charge in [0.05, 0.1) is 16.1 Å². The van der Waals surface area contributed by atoms with Crippen LogP contribution < -0.4 is 0 Å². The van der Waals surface area contributed by atoms with Crippen molar-refractivity contribution in [3.63, 3.8) is 0 Å². The SMILES string of the molecule is CC(CCc1cc(-c2ccccc2)c2c(c1O)C(=O)c1c([N+](=O)[O-])cc(CCC(C)CC(C)(C)C)c(O)c1C2=O)CC(C)(C)C. The Bertz CT molecular complexity index is 1630. The van der Waals surface area contributed by atoms with E-state index in [0.29, 0.717) is 41.9 Å². The lowest BCUT2D eigenvalue weighted by Crippen LogP contribution is -2.25. The van der Waals surface area contributed by atoms with Crippen molar-refractivity contribution in [3.8, 4) is 22.6 Å². The predicted molar refractivity (Wildman–Crippen MR) is 178 cm³/mol. The summed E-state index contributed by atoms with van der Waals surface area (Å²) in [7, 11) is 0. The van der Waals surface area contributed by atoms with Crippen molar-refractivity contribution in [2.75, 3.05) is 0 Å². The number of fused-ring (bicyclic) bond motifs is 2. The smallest absolute Gasteiger partial charge is 0.281 e. The summed E-state index contributed by atoms with van der Waals surface area (Å²) < 4.78 is 0. The maximum Gasteiger partial charge on any atom is 0.281 e. The van der Waals surface area contributed by atoms with Crippen LogP contribution in [-0.2, 0) is 12.8 Å². The van der Waals surface area contributed by atoms with Gasteiger partial charge in [-0.3, -0.25) is 19.7 Å². The highest BCUT2D eigenvalue weighted by Gasteiger charge is 2.42. The molecule has 0 aromatic heterocycles. The van der Waals surface area contributed by atoms with Gasteiger partial charge in [0.25, 0.3) is 5.69 Å². The summed E-state index contributed by atoms with van der Waals surface area (Å²) in [6.45, 7) is 17.2. The number of aryl methyl sites for hydroxylation is 2. The molecule has 0 amide bonds. The Morgan fingerprint density at radius 1 is 0.711 bits per heavy atom. The monoisotopic (exact) mass is 613 g/mol. The zero-order chi connectivity index (χ0) is 33.4. The van der Waals surface area contributed by atoms with Gasteiger partial charge in [0.1, 0.15) is 17.1 Å². The van der Waals surface area contributed by atoms with Crippen LogP contribution in [0, 0.1) is 32.8 Å². The van der Waals surface area contributed by atoms with Crippen molar-refractivity contribution in [1.82, 2.24) is 0 Å². The first kappa shape index (κ1) is 33.9. The Labute approximate surface area is 266 Å². The van der Waals surface area contributed by atoms with E-state index >= 15 is 0 Å². The number of nitrogens with zero attached hydrogens (tertiary/aromatic N) is 1. The molecule has 4 rings (SSSR count). The van der Waals surface area contributed by atoms with Crippen LogP contribution in [0.15, 0.2) is 42.5 Å². The number of rotatable bonds is 10. The van der Waals surface area contributed by atoms with Crippen LogP contribution in [0.4, 0.5) is 5.69 Å². The number of carbonyl (C=O) groups is 2. The molecule has 0 fully saturated rings. The van der Waals surface area contributed by atoms with Crippen molar-refractivity contribution in [3.05, 3.63) is 86.0 Å². The second-order valence-electron chi connectivity index (χ2n) is 15.4. The van der Waals surface area contributed by atoms with Gasteiger partial charge >= 0.3 is 0 Å². The molecule has 7 heteroatoms. The maximum atomic E-state index is 14.4. The van der Waals surface area contributed by atoms with E-state index in [-0.39, 0.29) is 44.8 Å². The highest BCUT2D eigenvalue weighted by Crippen LogP contribution is 2.47. The molecular weight excluding hydrogens is 566 g/mol. The normalized spacial score (nSPS) is 14.6. The molecule has 0 heterocycles. The van der Waals surface area contributed by atoms with Crippen molar-refractivity contribution >= 4 is 17.3 Å². The highest BCUT2D eigenvalue weighted by molar-refractivity contribution is 6.33. The van der Waals surface area contributed by atoms with Crippen LogP contribution in [0.2, 0.25) is 0 Å². The summed E-state index contributed by atoms with van der Waals surface area (Å²) in [6.07, 6.45) is 4.05. The fraction of sp³-hybridized carbons (Fsp3) is 0.474. The number of carbonyl (C=O) groups excluding carboxylic acids is 2. The number of nitro benzene ring substituents is 1. The van der Waals surface area contributed by atoms with Crippen LogP contribution in [0.25, 0.3) is 11.1 Å². The standard InChI is InChI=1S/C38H47NO6/c1-22(20-37(3,4)5)14-16-25-18-27(24-12-10-9-11-13-24)29-31(33(25)40)36(43)30-28(39(44)45)19-26(34(41)32(30)35(29)42)17-15-23(2)21-38(6,7)8/h9-13,18-19,22-23,40-41H,14-17,20-21H2,1-8H3. The third-order valence-electron chi connectivity index (χ3n) is 8.66. The zero-order valence-corrected chi connectivity index (χ0v) is 27.9. The Morgan fingerprint density at radius 3 is 1.62 bits per heavy atom. The first-order valence-electron chi connectivity index (χ1n) is 16.0. The first-order chi connectivity index (χ1) is 20.9. The Hall–Kier alpha value is -4.00. The first-order valence-corrected chi connectivity index (χ1v) is 16.0. The zero-order valence-electron chi connectivity index (χ0n) is 27.9. The average molecular weight is 614 g/mol. The second-order valence-corrected chi connectivity index (χ2v) is 15.4. The molecule has 240 valence electrons. The van der Waals surface area contributed by atoms with E-state index < -0.39 is 33.5 Å². The van der Waals surface area contributed by atoms with Gasteiger partial charge in [-0.05, 0) is 83.9 Å². The lowest BCUT2D eigenvalue weighted by molar-refractivity contribution is -0.385. The molecule has 2 N–H and O–H groups in total. The number of aromatic hydroxyl groups is 2. The Morgan fingerprint density at radius 2 is 1.16 bits per heavy atom. The van der Waals surface area contributed by atoms with Crippen LogP contribution >= 0.6 is 0 Å². The number of benzene rings is 3. The molecule has 7 nitrogen and oxygen atoms in total. The second kappa shape index (κ2) is 12.8. The summed E-state index contributed by atoms with van der Waals surface area (Å²) in [4.78, 5) is 40.3. The van der Waals surface area contributed by atoms with Crippen LogP contribution in [0.5, 0.6) is 11.5 Å². The minimum absolute atomic E-state index is 0.0365. The lowest BCUT2D eigenvalue weighted by atomic mass is 9.76. The third-order valence-corrected chi connectivity index (χ3v) is 8.66. The molecule has 0 bridgehead atoms. The van der Waals surface area contributed by atoms with Gasteiger partial charge in [-0.1, -0.05) is 85.7 Å². The van der Waals surface area contributed by atoms with E-state index in [0.717, 1.165) is 19.3 Å². The van der Waals surface area contributed by atoms with Crippen molar-refractivity contribution < 1.29 is 24.7 Å². The van der Waals surface area contributed by atoms with Gasteiger partial charge in [0, 0.05) is 17.2 Å². The highest BCUT2D eigenvalue weighted by atomic mass is 16.6. The molecule has 0 spiro atoms. The van der Waals surface area contributed by atoms with Crippen LogP contribution in [0.3, 0.4) is 0 Å². The Kier molecular flexibility index (Phi) is 9.62. The molecule has 2 unspecified atom stereocenters. The molecule has 0 aliphatic heterocycles. The summed E-state index contributed by atoms with van der Waals surface area (Å²) in [5.74, 6) is -1.66. The number of hydrogen-bond acceptors (Lipinski definition) is 6. The van der Waals surface area contributed by atoms with Gasteiger partial charge in [0.2, 0.25) is 5.78 Å². The number of phenolic OH excluding ortho intramolecular Hbond substituents is 2. The fourth-order valence-electron chi connectivity index (χ4n) is 7.07. The molecule has 1 aliphatic carbocycles. The predicted octanol–water partition coefficient (Wildman–Crippen LogP) is 9.46. The number of hydrogen-bond donors (Lipinski definition) is 2. The molecule has 0 radical (unpaired) electrons. The van der Waals surface area contributed by atoms with Gasteiger partial charge in [-0.25, -0.2) is 0 Å². The quantitative estimate of drug-likeness (QED) is 0.136. The minimum atomic E-state index is -0.825. The molecule has 0 saturated heterocycles. The van der Waals surface area contributed by atoms with Crippen molar-refractivity contribution in [2.45, 2.75) is 93.9 Å². The van der Waals surface area contributed by atoms with Crippen molar-refractivity contribution in [1.29, 1.82) is 0 Å². The van der Waals surface area contributed by atoms with E-state index in [2.05, 4.69) is 55.4 Å². The number of phenols is 2. The summed E-state index contributed by atoms with van der Waals surface area (Å²) in [5, 5.41) is 35.4. The molecule has 45 heavy (non-hydrogen) atoms. The molecule has 3 aromatic rings. The van der Waals surface area contributed by atoms with E-state index in [9.17, 15) is 29.9 Å². The molecule has 2 atom stereocenters. The molecule has 0 saturated carbocycles. The van der Waals surface area contributed by atoms with E-state index in [1.165, 1.54) is 6.07 Å². The van der Waals surface area contributed by atoms with Gasteiger partial charge in [-0.2, -0.15) is 0 Å². The lowest BCUT2D eigenvalue weighted by Gasteiger charge is -2.26. The number of nitro groups is 1. The maximum absolute atomic E-state index is 14.4. The van der Waals surface area contributed by atoms with Crippen LogP contribution in [-0.4, -0.2) is 26.7 Å². The van der Waals surface area contributed by atoms with E-state index in [4.69, 9.17) is 0 Å². The summed E-state index contributed by atoms with van der Waals surface area (Å²) in [6, 6.07) is 12.1. The van der Waals surface area contributed by atoms with Gasteiger partial charge in [-0.15, -0.1) is 0 Å². The number of ketones is 2. The van der Waals surface area contributed by atoms with Crippen LogP contribution in [0.1, 0.15) is 124 Å². The largest absolute Gasteiger partial charge is 0.507 e. The molecule has 1 aliphatic rings. The van der Waals surface area contributed by atoms with Crippen molar-refractivity contribution in [2.24, 2.45) is 22.7 Å². The summed E-state index contributed by atoms with van der Waals surface area (Å²) in [5.41, 5.74) is 0.493. The average Bonchev–Trinajstić information content (AvgIpc) is 2.92. The topological polar surface area (TPSA) is 118 Å². The Balaban J connectivity index is 1.87. The third kappa shape index (κ3) is 7.46. The van der Waals surface area contributed by atoms with E-state index in [1.807, 2.05) is 30.3 Å². The fourth-order valence-corrected chi connectivity index (χ4v) is 7.07. The molecule has 3 aromatic carbocycles. The summed E-state index contributed by atoms with van der Waals surface area (Å²) >= 11 is 0. The molecular formula is C38H47NO6.